The summed E-state index contributed by atoms with van der Waals surface area (Å²) in [6.45, 7) is 2.39. The zero-order chi connectivity index (χ0) is 20.1. The molecular formula is C22H18Cl2N2O2. The molecule has 0 saturated heterocycles. The SMILES string of the molecule is Cc1ccc(CNC(=O)c2ccccc2NC(=O)c2c(Cl)cccc2Cl)cc1. The largest absolute Gasteiger partial charge is 0.348 e. The molecule has 0 aliphatic carbocycles. The van der Waals surface area contributed by atoms with Gasteiger partial charge in [-0.25, -0.2) is 0 Å². The first kappa shape index (κ1) is 19.9. The summed E-state index contributed by atoms with van der Waals surface area (Å²) in [5.74, 6) is -0.767. The summed E-state index contributed by atoms with van der Waals surface area (Å²) in [4.78, 5) is 25.3. The Morgan fingerprint density at radius 3 is 2.14 bits per heavy atom. The summed E-state index contributed by atoms with van der Waals surface area (Å²) in [6, 6.07) is 19.5. The van der Waals surface area contributed by atoms with E-state index in [2.05, 4.69) is 10.6 Å². The first-order valence-electron chi connectivity index (χ1n) is 8.64. The maximum absolute atomic E-state index is 12.6. The third-order valence-corrected chi connectivity index (χ3v) is 4.81. The maximum Gasteiger partial charge on any atom is 0.258 e. The lowest BCUT2D eigenvalue weighted by molar-refractivity contribution is 0.0952. The van der Waals surface area contributed by atoms with E-state index in [9.17, 15) is 9.59 Å². The zero-order valence-corrected chi connectivity index (χ0v) is 16.6. The molecule has 0 spiro atoms. The molecule has 142 valence electrons. The van der Waals surface area contributed by atoms with Crippen LogP contribution in [0.15, 0.2) is 66.7 Å². The molecule has 0 aliphatic heterocycles. The van der Waals surface area contributed by atoms with Gasteiger partial charge in [-0.1, -0.05) is 71.2 Å². The first-order chi connectivity index (χ1) is 13.5. The lowest BCUT2D eigenvalue weighted by atomic mass is 10.1. The van der Waals surface area contributed by atoms with E-state index in [4.69, 9.17) is 23.2 Å². The second kappa shape index (κ2) is 8.91. The van der Waals surface area contributed by atoms with Crippen molar-refractivity contribution < 1.29 is 9.59 Å². The van der Waals surface area contributed by atoms with Gasteiger partial charge in [0.25, 0.3) is 11.8 Å². The zero-order valence-electron chi connectivity index (χ0n) is 15.1. The fourth-order valence-corrected chi connectivity index (χ4v) is 3.24. The Kier molecular flexibility index (Phi) is 6.34. The normalized spacial score (nSPS) is 10.4. The van der Waals surface area contributed by atoms with Crippen LogP contribution in [0.3, 0.4) is 0 Å². The Bertz CT molecular complexity index is 997. The molecule has 0 unspecified atom stereocenters. The molecule has 0 atom stereocenters. The summed E-state index contributed by atoms with van der Waals surface area (Å²) >= 11 is 12.2. The summed E-state index contributed by atoms with van der Waals surface area (Å²) in [5.41, 5.74) is 3.04. The van der Waals surface area contributed by atoms with E-state index in [0.717, 1.165) is 11.1 Å². The van der Waals surface area contributed by atoms with Crippen molar-refractivity contribution in [3.63, 3.8) is 0 Å². The highest BCUT2D eigenvalue weighted by Crippen LogP contribution is 2.26. The van der Waals surface area contributed by atoms with Crippen LogP contribution in [-0.2, 0) is 6.54 Å². The Balaban J connectivity index is 1.76. The van der Waals surface area contributed by atoms with Crippen molar-refractivity contribution in [2.24, 2.45) is 0 Å². The molecule has 3 aromatic rings. The molecule has 4 nitrogen and oxygen atoms in total. The van der Waals surface area contributed by atoms with E-state index < -0.39 is 5.91 Å². The van der Waals surface area contributed by atoms with Crippen LogP contribution < -0.4 is 10.6 Å². The van der Waals surface area contributed by atoms with Gasteiger partial charge in [0.1, 0.15) is 0 Å². The minimum atomic E-state index is -0.477. The first-order valence-corrected chi connectivity index (χ1v) is 9.39. The number of para-hydroxylation sites is 1. The summed E-state index contributed by atoms with van der Waals surface area (Å²) in [5, 5.41) is 6.08. The van der Waals surface area contributed by atoms with Crippen LogP contribution in [-0.4, -0.2) is 11.8 Å². The number of nitrogens with one attached hydrogen (secondary N) is 2. The van der Waals surface area contributed by atoms with E-state index in [-0.39, 0.29) is 21.5 Å². The molecule has 6 heteroatoms. The average Bonchev–Trinajstić information content (AvgIpc) is 2.67. The van der Waals surface area contributed by atoms with Crippen molar-refractivity contribution in [3.8, 4) is 0 Å². The van der Waals surface area contributed by atoms with Gasteiger partial charge in [-0.3, -0.25) is 9.59 Å². The van der Waals surface area contributed by atoms with E-state index in [1.165, 1.54) is 0 Å². The van der Waals surface area contributed by atoms with E-state index >= 15 is 0 Å². The molecule has 2 amide bonds. The van der Waals surface area contributed by atoms with Crippen molar-refractivity contribution in [1.29, 1.82) is 0 Å². The van der Waals surface area contributed by atoms with Crippen LogP contribution in [0.1, 0.15) is 31.8 Å². The smallest absolute Gasteiger partial charge is 0.258 e. The third-order valence-electron chi connectivity index (χ3n) is 4.18. The third kappa shape index (κ3) is 4.71. The second-order valence-corrected chi connectivity index (χ2v) is 7.08. The highest BCUT2D eigenvalue weighted by Gasteiger charge is 2.18. The van der Waals surface area contributed by atoms with Gasteiger partial charge in [0.15, 0.2) is 0 Å². The van der Waals surface area contributed by atoms with Crippen LogP contribution >= 0.6 is 23.2 Å². The van der Waals surface area contributed by atoms with Crippen LogP contribution in [0.25, 0.3) is 0 Å². The highest BCUT2D eigenvalue weighted by atomic mass is 35.5. The summed E-state index contributed by atoms with van der Waals surface area (Å²) in [7, 11) is 0. The summed E-state index contributed by atoms with van der Waals surface area (Å²) < 4.78 is 0. The number of anilines is 1. The van der Waals surface area contributed by atoms with Crippen molar-refractivity contribution in [3.05, 3.63) is 99.0 Å². The van der Waals surface area contributed by atoms with E-state index in [1.54, 1.807) is 42.5 Å². The molecular weight excluding hydrogens is 395 g/mol. The van der Waals surface area contributed by atoms with Crippen LogP contribution in [0.4, 0.5) is 5.69 Å². The number of carbonyl (C=O) groups excluding carboxylic acids is 2. The molecule has 0 radical (unpaired) electrons. The number of aryl methyl sites for hydroxylation is 1. The molecule has 28 heavy (non-hydrogen) atoms. The number of carbonyl (C=O) groups is 2. The lowest BCUT2D eigenvalue weighted by Crippen LogP contribution is -2.25. The number of hydrogen-bond acceptors (Lipinski definition) is 2. The minimum Gasteiger partial charge on any atom is -0.348 e. The van der Waals surface area contributed by atoms with Gasteiger partial charge in [0.05, 0.1) is 26.9 Å². The molecule has 0 aliphatic rings. The molecule has 0 bridgehead atoms. The number of benzene rings is 3. The Hall–Kier alpha value is -2.82. The van der Waals surface area contributed by atoms with Crippen LogP contribution in [0, 0.1) is 6.92 Å². The van der Waals surface area contributed by atoms with Gasteiger partial charge >= 0.3 is 0 Å². The number of amides is 2. The predicted octanol–water partition coefficient (Wildman–Crippen LogP) is 5.48. The number of hydrogen-bond donors (Lipinski definition) is 2. The van der Waals surface area contributed by atoms with E-state index in [0.29, 0.717) is 17.8 Å². The Labute approximate surface area is 173 Å². The van der Waals surface area contributed by atoms with Gasteiger partial charge in [-0.2, -0.15) is 0 Å². The Morgan fingerprint density at radius 2 is 1.46 bits per heavy atom. The van der Waals surface area contributed by atoms with Crippen molar-refractivity contribution in [2.75, 3.05) is 5.32 Å². The van der Waals surface area contributed by atoms with E-state index in [1.807, 2.05) is 31.2 Å². The van der Waals surface area contributed by atoms with Crippen LogP contribution in [0.5, 0.6) is 0 Å². The van der Waals surface area contributed by atoms with Crippen molar-refractivity contribution >= 4 is 40.7 Å². The molecule has 3 rings (SSSR count). The van der Waals surface area contributed by atoms with Gasteiger partial charge in [0, 0.05) is 6.54 Å². The van der Waals surface area contributed by atoms with Gasteiger partial charge in [0.2, 0.25) is 0 Å². The molecule has 0 heterocycles. The fraction of sp³-hybridized carbons (Fsp3) is 0.0909. The Morgan fingerprint density at radius 1 is 0.821 bits per heavy atom. The summed E-state index contributed by atoms with van der Waals surface area (Å²) in [6.07, 6.45) is 0. The molecule has 0 saturated carbocycles. The van der Waals surface area contributed by atoms with Crippen LogP contribution in [0.2, 0.25) is 10.0 Å². The number of rotatable bonds is 5. The average molecular weight is 413 g/mol. The lowest BCUT2D eigenvalue weighted by Gasteiger charge is -2.13. The fourth-order valence-electron chi connectivity index (χ4n) is 2.67. The topological polar surface area (TPSA) is 58.2 Å². The van der Waals surface area contributed by atoms with Gasteiger partial charge in [-0.05, 0) is 36.8 Å². The number of halogens is 2. The molecule has 2 N–H and O–H groups in total. The van der Waals surface area contributed by atoms with Gasteiger partial charge < -0.3 is 10.6 Å². The minimum absolute atomic E-state index is 0.167. The van der Waals surface area contributed by atoms with Crippen molar-refractivity contribution in [1.82, 2.24) is 5.32 Å². The predicted molar refractivity (Wildman–Crippen MR) is 113 cm³/mol. The highest BCUT2D eigenvalue weighted by molar-refractivity contribution is 6.40. The van der Waals surface area contributed by atoms with Gasteiger partial charge in [-0.15, -0.1) is 0 Å². The monoisotopic (exact) mass is 412 g/mol. The molecule has 3 aromatic carbocycles. The standard InChI is InChI=1S/C22H18Cl2N2O2/c1-14-9-11-15(12-10-14)13-25-21(27)16-5-2-3-8-19(16)26-22(28)20-17(23)6-4-7-18(20)24/h2-12H,13H2,1H3,(H,25,27)(H,26,28). The van der Waals surface area contributed by atoms with Crippen molar-refractivity contribution in [2.45, 2.75) is 13.5 Å². The maximum atomic E-state index is 12.6. The molecule has 0 aromatic heterocycles. The molecule has 0 fully saturated rings. The second-order valence-electron chi connectivity index (χ2n) is 6.26. The quantitative estimate of drug-likeness (QED) is 0.582.